The lowest BCUT2D eigenvalue weighted by Gasteiger charge is -2.37. The molecule has 1 fully saturated rings. The van der Waals surface area contributed by atoms with Gasteiger partial charge in [-0.15, -0.1) is 0 Å². The van der Waals surface area contributed by atoms with Crippen LogP contribution in [0.4, 0.5) is 4.79 Å². The van der Waals surface area contributed by atoms with E-state index in [1.807, 2.05) is 6.92 Å². The van der Waals surface area contributed by atoms with Gasteiger partial charge in [0.05, 0.1) is 24.7 Å². The standard InChI is InChI=1S/C17H27N2O8PS/c1-4-25-28(22,26-5-2)18-15-10-11-19(17(20)21)12-16(15)27-29(23,24)14-8-6-13(3)7-9-14/h6-9,15-16H,4-5,10-12H2,1-3H3,(H,18,22)(H,20,21). The molecule has 0 saturated carbocycles. The van der Waals surface area contributed by atoms with Gasteiger partial charge in [-0.1, -0.05) is 17.7 Å². The Labute approximate surface area is 170 Å². The average Bonchev–Trinajstić information content (AvgIpc) is 2.63. The van der Waals surface area contributed by atoms with Gasteiger partial charge in [0.25, 0.3) is 10.1 Å². The summed E-state index contributed by atoms with van der Waals surface area (Å²) in [6, 6.07) is 5.34. The second kappa shape index (κ2) is 10.0. The van der Waals surface area contributed by atoms with Crippen molar-refractivity contribution in [2.24, 2.45) is 0 Å². The van der Waals surface area contributed by atoms with Gasteiger partial charge in [0.15, 0.2) is 0 Å². The Bertz CT molecular complexity index is 835. The van der Waals surface area contributed by atoms with E-state index in [1.54, 1.807) is 26.0 Å². The van der Waals surface area contributed by atoms with Gasteiger partial charge in [-0.05, 0) is 39.3 Å². The highest BCUT2D eigenvalue weighted by molar-refractivity contribution is 7.86. The number of piperidine rings is 1. The fourth-order valence-electron chi connectivity index (χ4n) is 2.91. The number of rotatable bonds is 9. The number of carbonyl (C=O) groups is 1. The summed E-state index contributed by atoms with van der Waals surface area (Å²) in [6.45, 7) is 5.26. The zero-order valence-corrected chi connectivity index (χ0v) is 18.3. The van der Waals surface area contributed by atoms with Gasteiger partial charge in [-0.3, -0.25) is 13.2 Å². The van der Waals surface area contributed by atoms with Gasteiger partial charge in [0, 0.05) is 12.6 Å². The summed E-state index contributed by atoms with van der Waals surface area (Å²) < 4.78 is 54.0. The van der Waals surface area contributed by atoms with E-state index in [-0.39, 0.29) is 37.6 Å². The highest BCUT2D eigenvalue weighted by Gasteiger charge is 2.40. The monoisotopic (exact) mass is 450 g/mol. The molecule has 12 heteroatoms. The highest BCUT2D eigenvalue weighted by Crippen LogP contribution is 2.45. The molecule has 2 atom stereocenters. The molecule has 1 aliphatic rings. The van der Waals surface area contributed by atoms with E-state index in [2.05, 4.69) is 5.09 Å². The van der Waals surface area contributed by atoms with E-state index in [0.717, 1.165) is 10.5 Å². The fraction of sp³-hybridized carbons (Fsp3) is 0.588. The minimum Gasteiger partial charge on any atom is -0.465 e. The maximum absolute atomic E-state index is 12.8. The predicted octanol–water partition coefficient (Wildman–Crippen LogP) is 2.59. The van der Waals surface area contributed by atoms with E-state index in [0.29, 0.717) is 0 Å². The number of hydrogen-bond donors (Lipinski definition) is 2. The van der Waals surface area contributed by atoms with Crippen LogP contribution in [0.25, 0.3) is 0 Å². The van der Waals surface area contributed by atoms with Crippen molar-refractivity contribution in [3.05, 3.63) is 29.8 Å². The molecule has 2 unspecified atom stereocenters. The Hall–Kier alpha value is -1.49. The molecule has 29 heavy (non-hydrogen) atoms. The number of nitrogens with zero attached hydrogens (tertiary/aromatic N) is 1. The molecule has 0 bridgehead atoms. The molecular weight excluding hydrogens is 423 g/mol. The molecule has 1 heterocycles. The Morgan fingerprint density at radius 1 is 1.24 bits per heavy atom. The van der Waals surface area contributed by atoms with Crippen molar-refractivity contribution in [3.8, 4) is 0 Å². The Morgan fingerprint density at radius 3 is 2.34 bits per heavy atom. The number of aryl methyl sites for hydroxylation is 1. The van der Waals surface area contributed by atoms with Gasteiger partial charge in [-0.25, -0.2) is 14.4 Å². The summed E-state index contributed by atoms with van der Waals surface area (Å²) in [5.74, 6) is 0. The molecule has 0 aliphatic carbocycles. The lowest BCUT2D eigenvalue weighted by Crippen LogP contribution is -2.54. The fourth-order valence-corrected chi connectivity index (χ4v) is 5.62. The first-order chi connectivity index (χ1) is 13.6. The summed E-state index contributed by atoms with van der Waals surface area (Å²) in [7, 11) is -7.87. The quantitative estimate of drug-likeness (QED) is 0.430. The Morgan fingerprint density at radius 2 is 1.83 bits per heavy atom. The van der Waals surface area contributed by atoms with Crippen LogP contribution in [0.3, 0.4) is 0 Å². The Kier molecular flexibility index (Phi) is 8.21. The van der Waals surface area contributed by atoms with Crippen LogP contribution in [-0.2, 0) is 27.9 Å². The molecule has 1 aromatic carbocycles. The Balaban J connectivity index is 2.26. The van der Waals surface area contributed by atoms with Crippen LogP contribution < -0.4 is 5.09 Å². The van der Waals surface area contributed by atoms with Crippen LogP contribution in [0.2, 0.25) is 0 Å². The second-order valence-corrected chi connectivity index (χ2v) is 9.83. The van der Waals surface area contributed by atoms with Crippen LogP contribution >= 0.6 is 7.75 Å². The molecule has 10 nitrogen and oxygen atoms in total. The first-order valence-corrected chi connectivity index (χ1v) is 12.2. The van der Waals surface area contributed by atoms with E-state index in [4.69, 9.17) is 13.2 Å². The molecule has 1 aliphatic heterocycles. The summed E-state index contributed by atoms with van der Waals surface area (Å²) in [5, 5.41) is 12.0. The van der Waals surface area contributed by atoms with Crippen molar-refractivity contribution < 1.29 is 36.1 Å². The van der Waals surface area contributed by atoms with E-state index in [9.17, 15) is 22.9 Å². The van der Waals surface area contributed by atoms with Crippen LogP contribution in [0, 0.1) is 6.92 Å². The zero-order chi connectivity index (χ0) is 21.7. The van der Waals surface area contributed by atoms with Gasteiger partial charge in [0.2, 0.25) is 0 Å². The lowest BCUT2D eigenvalue weighted by molar-refractivity contribution is 0.0615. The number of nitrogens with one attached hydrogen (secondary N) is 1. The van der Waals surface area contributed by atoms with Crippen molar-refractivity contribution >= 4 is 24.0 Å². The van der Waals surface area contributed by atoms with Crippen molar-refractivity contribution in [3.63, 3.8) is 0 Å². The minimum atomic E-state index is -4.17. The van der Waals surface area contributed by atoms with Gasteiger partial charge in [-0.2, -0.15) is 8.42 Å². The lowest BCUT2D eigenvalue weighted by atomic mass is 10.0. The van der Waals surface area contributed by atoms with Crippen molar-refractivity contribution in [2.45, 2.75) is 44.2 Å². The summed E-state index contributed by atoms with van der Waals surface area (Å²) >= 11 is 0. The molecule has 2 rings (SSSR count). The molecule has 1 amide bonds. The van der Waals surface area contributed by atoms with Gasteiger partial charge in [0.1, 0.15) is 6.10 Å². The van der Waals surface area contributed by atoms with Crippen LogP contribution in [0.5, 0.6) is 0 Å². The highest BCUT2D eigenvalue weighted by atomic mass is 32.2. The SMILES string of the molecule is CCOP(=O)(NC1CCN(C(=O)O)CC1OS(=O)(=O)c1ccc(C)cc1)OCC. The zero-order valence-electron chi connectivity index (χ0n) is 16.6. The molecule has 1 aromatic rings. The number of carboxylic acid groups (broad SMARTS) is 1. The summed E-state index contributed by atoms with van der Waals surface area (Å²) in [4.78, 5) is 12.4. The molecule has 0 radical (unpaired) electrons. The third kappa shape index (κ3) is 6.50. The predicted molar refractivity (Wildman–Crippen MR) is 105 cm³/mol. The third-order valence-corrected chi connectivity index (χ3v) is 7.51. The minimum absolute atomic E-state index is 0.0490. The molecule has 0 spiro atoms. The molecule has 164 valence electrons. The number of benzene rings is 1. The van der Waals surface area contributed by atoms with Crippen LogP contribution in [0.1, 0.15) is 25.8 Å². The molecule has 2 N–H and O–H groups in total. The number of hydrogen-bond acceptors (Lipinski definition) is 7. The van der Waals surface area contributed by atoms with Gasteiger partial charge < -0.3 is 10.0 Å². The smallest absolute Gasteiger partial charge is 0.407 e. The van der Waals surface area contributed by atoms with Crippen molar-refractivity contribution in [1.29, 1.82) is 0 Å². The summed E-state index contributed by atoms with van der Waals surface area (Å²) in [5.41, 5.74) is 0.882. The van der Waals surface area contributed by atoms with Crippen molar-refractivity contribution in [1.82, 2.24) is 9.99 Å². The molecular formula is C17H27N2O8PS. The maximum atomic E-state index is 12.8. The first kappa shape index (κ1) is 23.8. The number of likely N-dealkylation sites (tertiary alicyclic amines) is 1. The summed E-state index contributed by atoms with van der Waals surface area (Å²) in [6.07, 6.45) is -2.13. The van der Waals surface area contributed by atoms with Crippen LogP contribution in [-0.4, -0.2) is 63.0 Å². The second-order valence-electron chi connectivity index (χ2n) is 6.49. The van der Waals surface area contributed by atoms with Gasteiger partial charge >= 0.3 is 13.8 Å². The third-order valence-electron chi connectivity index (χ3n) is 4.31. The van der Waals surface area contributed by atoms with Crippen molar-refractivity contribution in [2.75, 3.05) is 26.3 Å². The first-order valence-electron chi connectivity index (χ1n) is 9.25. The van der Waals surface area contributed by atoms with E-state index in [1.165, 1.54) is 12.1 Å². The molecule has 1 saturated heterocycles. The van der Waals surface area contributed by atoms with Crippen LogP contribution in [0.15, 0.2) is 29.2 Å². The maximum Gasteiger partial charge on any atom is 0.407 e. The molecule has 0 aromatic heterocycles. The van der Waals surface area contributed by atoms with E-state index >= 15 is 0 Å². The number of amides is 1. The average molecular weight is 450 g/mol. The topological polar surface area (TPSA) is 131 Å². The normalized spacial score (nSPS) is 20.6. The largest absolute Gasteiger partial charge is 0.465 e. The van der Waals surface area contributed by atoms with E-state index < -0.39 is 36.1 Å².